The fourth-order valence-electron chi connectivity index (χ4n) is 1.34. The van der Waals surface area contributed by atoms with E-state index in [1.807, 2.05) is 118 Å². The predicted molar refractivity (Wildman–Crippen MR) is 119 cm³/mol. The Morgan fingerprint density at radius 2 is 0.690 bits per heavy atom. The number of nitrogens with zero attached hydrogens (tertiary/aromatic N) is 1. The van der Waals surface area contributed by atoms with Crippen molar-refractivity contribution in [3.05, 3.63) is 140 Å². The minimum atomic E-state index is 0. The molecule has 0 spiro atoms. The van der Waals surface area contributed by atoms with Gasteiger partial charge in [0.05, 0.1) is 0 Å². The van der Waals surface area contributed by atoms with Gasteiger partial charge >= 0.3 is 0 Å². The van der Waals surface area contributed by atoms with Gasteiger partial charge in [-0.05, 0) is 12.1 Å². The van der Waals surface area contributed by atoms with Crippen LogP contribution in [0.2, 0.25) is 0 Å². The molecule has 1 aromatic heterocycles. The van der Waals surface area contributed by atoms with Gasteiger partial charge in [-0.15, -0.1) is 0 Å². The molecule has 4 aromatic rings. The monoisotopic (exact) mass is 462 g/mol. The Morgan fingerprint density at radius 3 is 0.759 bits per heavy atom. The maximum atomic E-state index is 4.00. The zero-order valence-electron chi connectivity index (χ0n) is 15.7. The Hall–Kier alpha value is -1.97. The molecule has 1 radical (unpaired) electrons. The summed E-state index contributed by atoms with van der Waals surface area (Å²) in [7, 11) is 2.00. The van der Waals surface area contributed by atoms with E-state index in [0.717, 1.165) is 0 Å². The third-order valence-electron chi connectivity index (χ3n) is 2.39. The third-order valence-corrected chi connectivity index (χ3v) is 2.39. The summed E-state index contributed by atoms with van der Waals surface area (Å²) in [4.78, 5) is 3.78. The number of benzene rings is 3. The van der Waals surface area contributed by atoms with Crippen molar-refractivity contribution < 1.29 is 28.0 Å². The zero-order valence-corrected chi connectivity index (χ0v) is 18.8. The van der Waals surface area contributed by atoms with E-state index in [0.29, 0.717) is 0 Å². The van der Waals surface area contributed by atoms with Crippen LogP contribution in [0.1, 0.15) is 0 Å². The number of rotatable bonds is 0. The van der Waals surface area contributed by atoms with E-state index in [2.05, 4.69) is 35.4 Å². The van der Waals surface area contributed by atoms with Crippen LogP contribution < -0.4 is 0 Å². The van der Waals surface area contributed by atoms with Gasteiger partial charge in [0.2, 0.25) is 0 Å². The molecule has 1 heterocycles. The molecule has 0 fully saturated rings. The van der Waals surface area contributed by atoms with Crippen LogP contribution in [0.25, 0.3) is 0 Å². The predicted octanol–water partition coefficient (Wildman–Crippen LogP) is 5.63. The van der Waals surface area contributed by atoms with Crippen molar-refractivity contribution >= 4 is 20.7 Å². The van der Waals surface area contributed by atoms with Gasteiger partial charge in [0, 0.05) is 29.5 Å². The van der Waals surface area contributed by atoms with E-state index >= 15 is 0 Å². The second-order valence-electron chi connectivity index (χ2n) is 4.26. The average Bonchev–Trinajstić information content (AvgIpc) is 2.81. The molecule has 0 aliphatic rings. The van der Waals surface area contributed by atoms with Gasteiger partial charge in [-0.25, -0.2) is 0 Å². The Balaban J connectivity index is -0.000000135. The Kier molecular flexibility index (Phi) is 40.0. The van der Waals surface area contributed by atoms with Crippen molar-refractivity contribution in [2.24, 2.45) is 0 Å². The quantitative estimate of drug-likeness (QED) is 0.147. The van der Waals surface area contributed by atoms with Crippen LogP contribution in [0.4, 0.5) is 0 Å². The summed E-state index contributed by atoms with van der Waals surface area (Å²) in [6.07, 6.45) is 3.50. The summed E-state index contributed by atoms with van der Waals surface area (Å²) in [6.45, 7) is 0. The molecule has 0 amide bonds. The molecule has 6 heteroatoms. The van der Waals surface area contributed by atoms with E-state index in [1.54, 1.807) is 12.4 Å². The van der Waals surface area contributed by atoms with Crippen LogP contribution in [0.5, 0.6) is 0 Å². The first-order valence-corrected chi connectivity index (χ1v) is 9.70. The summed E-state index contributed by atoms with van der Waals surface area (Å²) >= 11 is 4.00. The number of pyridine rings is 1. The van der Waals surface area contributed by atoms with Gasteiger partial charge in [-0.1, -0.05) is 6.07 Å². The van der Waals surface area contributed by atoms with Gasteiger partial charge in [0.15, 0.2) is 0 Å². The van der Waals surface area contributed by atoms with Crippen molar-refractivity contribution in [2.45, 2.75) is 0 Å². The van der Waals surface area contributed by atoms with Crippen LogP contribution in [-0.4, -0.2) is 4.98 Å². The zero-order chi connectivity index (χ0) is 19.0. The number of hydrogen-bond donors (Lipinski definition) is 0. The van der Waals surface area contributed by atoms with E-state index in [1.165, 1.54) is 0 Å². The standard InChI is InChI=1S/3C6H5.C5H5N.Mn.2O.H2PS/c4*1-2-4-6-5-3-1;;;;1-2/h4*1-5H;;;;1H2/q3*-1;;;2*-2;-1. The van der Waals surface area contributed by atoms with Gasteiger partial charge < -0.3 is 23.2 Å². The smallest absolute Gasteiger partial charge is 0.0267 e. The van der Waals surface area contributed by atoms with Crippen molar-refractivity contribution in [3.8, 4) is 0 Å². The molecule has 3 nitrogen and oxygen atoms in total. The molecular weight excluding hydrogens is 440 g/mol. The molecule has 157 valence electrons. The minimum Gasteiger partial charge on any atom is -2.00 e. The van der Waals surface area contributed by atoms with E-state index in [9.17, 15) is 0 Å². The first-order valence-electron chi connectivity index (χ1n) is 7.82. The summed E-state index contributed by atoms with van der Waals surface area (Å²) in [6, 6.07) is 43.2. The largest absolute Gasteiger partial charge is 2.00 e. The van der Waals surface area contributed by atoms with Gasteiger partial charge in [-0.3, -0.25) is 13.4 Å². The number of hydrogen-bond acceptors (Lipinski definition) is 2. The summed E-state index contributed by atoms with van der Waals surface area (Å²) in [5.41, 5.74) is 0. The molecule has 29 heavy (non-hydrogen) atoms. The second kappa shape index (κ2) is 33.6. The normalized spacial score (nSPS) is 6.83. The second-order valence-corrected chi connectivity index (χ2v) is 4.26. The fraction of sp³-hybridized carbons (Fsp3) is 0. The SMILES string of the molecule is P[S-].[Mn].[O-2].[O-2].[c-]1ccccc1.[c-]1ccccc1.[c-]1ccccc1.c1ccncc1. The van der Waals surface area contributed by atoms with E-state index in [-0.39, 0.29) is 28.0 Å². The maximum Gasteiger partial charge on any atom is 0.0267 e. The molecule has 0 aliphatic carbocycles. The summed E-state index contributed by atoms with van der Waals surface area (Å²) < 4.78 is 0. The minimum absolute atomic E-state index is 0. The fourth-order valence-corrected chi connectivity index (χ4v) is 1.34. The molecule has 3 aromatic carbocycles. The molecular formula is C23H22MnNO2PS-8. The molecule has 1 atom stereocenters. The van der Waals surface area contributed by atoms with Crippen molar-refractivity contribution in [3.63, 3.8) is 0 Å². The maximum absolute atomic E-state index is 4.00. The molecule has 4 rings (SSSR count). The van der Waals surface area contributed by atoms with E-state index < -0.39 is 0 Å². The van der Waals surface area contributed by atoms with Crippen LogP contribution in [0, 0.1) is 18.2 Å². The summed E-state index contributed by atoms with van der Waals surface area (Å²) in [5, 5.41) is 0. The number of aromatic nitrogens is 1. The Labute approximate surface area is 193 Å². The van der Waals surface area contributed by atoms with E-state index in [4.69, 9.17) is 0 Å². The molecule has 0 bridgehead atoms. The molecule has 0 N–H and O–H groups in total. The van der Waals surface area contributed by atoms with Crippen LogP contribution in [0.15, 0.2) is 122 Å². The van der Waals surface area contributed by atoms with Gasteiger partial charge in [-0.2, -0.15) is 109 Å². The van der Waals surface area contributed by atoms with Crippen molar-refractivity contribution in [1.82, 2.24) is 4.98 Å². The van der Waals surface area contributed by atoms with Gasteiger partial charge in [0.1, 0.15) is 0 Å². The van der Waals surface area contributed by atoms with Crippen LogP contribution in [0.3, 0.4) is 0 Å². The van der Waals surface area contributed by atoms with Crippen molar-refractivity contribution in [2.75, 3.05) is 0 Å². The van der Waals surface area contributed by atoms with Crippen LogP contribution in [-0.2, 0) is 40.3 Å². The first-order chi connectivity index (χ1) is 13.0. The first kappa shape index (κ1) is 34.5. The summed E-state index contributed by atoms with van der Waals surface area (Å²) in [5.74, 6) is 0. The van der Waals surface area contributed by atoms with Gasteiger partial charge in [0.25, 0.3) is 0 Å². The molecule has 0 aliphatic heterocycles. The Morgan fingerprint density at radius 1 is 0.448 bits per heavy atom. The topological polar surface area (TPSA) is 69.9 Å². The molecule has 1 unspecified atom stereocenters. The molecule has 0 saturated carbocycles. The van der Waals surface area contributed by atoms with Crippen molar-refractivity contribution in [1.29, 1.82) is 0 Å². The van der Waals surface area contributed by atoms with Crippen LogP contribution >= 0.6 is 8.44 Å². The Bertz CT molecular complexity index is 449. The third kappa shape index (κ3) is 31.0. The molecule has 0 saturated heterocycles. The average molecular weight is 462 g/mol.